The number of aliphatic hydroxyl groups excluding tert-OH is 1. The quantitative estimate of drug-likeness (QED) is 0.725. The van der Waals surface area contributed by atoms with Gasteiger partial charge in [0.05, 0.1) is 6.61 Å². The van der Waals surface area contributed by atoms with Crippen molar-refractivity contribution in [3.05, 3.63) is 28.2 Å². The number of ether oxygens (including phenoxy) is 1. The van der Waals surface area contributed by atoms with Crippen LogP contribution in [0.3, 0.4) is 0 Å². The van der Waals surface area contributed by atoms with E-state index in [4.69, 9.17) is 9.84 Å². The number of hydrogen-bond acceptors (Lipinski definition) is 3. The van der Waals surface area contributed by atoms with Gasteiger partial charge in [-0.05, 0) is 45.0 Å². The van der Waals surface area contributed by atoms with E-state index >= 15 is 0 Å². The van der Waals surface area contributed by atoms with Crippen LogP contribution in [-0.2, 0) is 0 Å². The second-order valence-corrected chi connectivity index (χ2v) is 4.75. The Morgan fingerprint density at radius 1 is 1.29 bits per heavy atom. The van der Waals surface area contributed by atoms with Crippen LogP contribution in [-0.4, -0.2) is 31.4 Å². The van der Waals surface area contributed by atoms with Gasteiger partial charge in [0.1, 0.15) is 5.75 Å². The minimum atomic E-state index is 0.251. The molecule has 0 saturated heterocycles. The second kappa shape index (κ2) is 8.50. The van der Waals surface area contributed by atoms with Crippen molar-refractivity contribution in [1.82, 2.24) is 5.32 Å². The van der Waals surface area contributed by atoms with Crippen LogP contribution in [0, 0.1) is 6.92 Å². The molecule has 0 amide bonds. The fourth-order valence-corrected chi connectivity index (χ4v) is 1.80. The van der Waals surface area contributed by atoms with Gasteiger partial charge in [-0.25, -0.2) is 0 Å². The predicted molar refractivity (Wildman–Crippen MR) is 73.6 cm³/mol. The lowest BCUT2D eigenvalue weighted by Crippen LogP contribution is -2.19. The Morgan fingerprint density at radius 2 is 2.06 bits per heavy atom. The van der Waals surface area contributed by atoms with Crippen molar-refractivity contribution in [2.75, 3.05) is 26.3 Å². The summed E-state index contributed by atoms with van der Waals surface area (Å²) in [4.78, 5) is 0. The van der Waals surface area contributed by atoms with E-state index in [1.165, 1.54) is 0 Å². The van der Waals surface area contributed by atoms with Gasteiger partial charge < -0.3 is 15.2 Å². The molecule has 0 heterocycles. The summed E-state index contributed by atoms with van der Waals surface area (Å²) in [5.41, 5.74) is 1.14. The molecule has 0 aliphatic heterocycles. The molecule has 0 aliphatic rings. The van der Waals surface area contributed by atoms with E-state index < -0.39 is 0 Å². The van der Waals surface area contributed by atoms with E-state index in [9.17, 15) is 0 Å². The molecular formula is C13H20BrNO2. The first-order valence-electron chi connectivity index (χ1n) is 5.95. The molecule has 0 spiro atoms. The summed E-state index contributed by atoms with van der Waals surface area (Å²) < 4.78 is 6.78. The van der Waals surface area contributed by atoms with Crippen LogP contribution in [0.15, 0.2) is 22.7 Å². The fourth-order valence-electron chi connectivity index (χ4n) is 1.45. The SMILES string of the molecule is Cc1c(Br)cccc1OCCCNCCCO. The fraction of sp³-hybridized carbons (Fsp3) is 0.538. The minimum Gasteiger partial charge on any atom is -0.493 e. The third-order valence-corrected chi connectivity index (χ3v) is 3.34. The van der Waals surface area contributed by atoms with Gasteiger partial charge in [-0.3, -0.25) is 0 Å². The Balaban J connectivity index is 2.16. The monoisotopic (exact) mass is 301 g/mol. The molecule has 0 fully saturated rings. The van der Waals surface area contributed by atoms with Crippen LogP contribution >= 0.6 is 15.9 Å². The maximum atomic E-state index is 8.61. The van der Waals surface area contributed by atoms with Crippen molar-refractivity contribution < 1.29 is 9.84 Å². The van der Waals surface area contributed by atoms with Gasteiger partial charge in [0.25, 0.3) is 0 Å². The first kappa shape index (κ1) is 14.5. The number of hydrogen-bond donors (Lipinski definition) is 2. The third kappa shape index (κ3) is 5.52. The standard InChI is InChI=1S/C13H20BrNO2/c1-11-12(14)5-2-6-13(11)17-10-4-8-15-7-3-9-16/h2,5-6,15-16H,3-4,7-10H2,1H3. The summed E-state index contributed by atoms with van der Waals surface area (Å²) in [7, 11) is 0. The van der Waals surface area contributed by atoms with Crippen LogP contribution < -0.4 is 10.1 Å². The van der Waals surface area contributed by atoms with Gasteiger partial charge in [0, 0.05) is 16.6 Å². The molecule has 0 unspecified atom stereocenters. The molecule has 3 nitrogen and oxygen atoms in total. The van der Waals surface area contributed by atoms with Gasteiger partial charge in [0.2, 0.25) is 0 Å². The Hall–Kier alpha value is -0.580. The largest absolute Gasteiger partial charge is 0.493 e. The lowest BCUT2D eigenvalue weighted by atomic mass is 10.2. The molecule has 0 aromatic heterocycles. The zero-order valence-corrected chi connectivity index (χ0v) is 11.8. The number of benzene rings is 1. The molecule has 4 heteroatoms. The highest BCUT2D eigenvalue weighted by Crippen LogP contribution is 2.25. The number of halogens is 1. The first-order valence-corrected chi connectivity index (χ1v) is 6.74. The Morgan fingerprint density at radius 3 is 2.82 bits per heavy atom. The van der Waals surface area contributed by atoms with Gasteiger partial charge in [-0.2, -0.15) is 0 Å². The van der Waals surface area contributed by atoms with Crippen molar-refractivity contribution in [3.8, 4) is 5.75 Å². The molecule has 0 aliphatic carbocycles. The van der Waals surface area contributed by atoms with Crippen molar-refractivity contribution in [2.45, 2.75) is 19.8 Å². The molecule has 0 atom stereocenters. The molecule has 1 aromatic rings. The molecular weight excluding hydrogens is 282 g/mol. The summed E-state index contributed by atoms with van der Waals surface area (Å²) in [6.07, 6.45) is 1.78. The van der Waals surface area contributed by atoms with Crippen LogP contribution in [0.25, 0.3) is 0 Å². The zero-order valence-electron chi connectivity index (χ0n) is 10.2. The molecule has 96 valence electrons. The van der Waals surface area contributed by atoms with Crippen molar-refractivity contribution >= 4 is 15.9 Å². The smallest absolute Gasteiger partial charge is 0.123 e. The van der Waals surface area contributed by atoms with Gasteiger partial charge >= 0.3 is 0 Å². The average molecular weight is 302 g/mol. The van der Waals surface area contributed by atoms with E-state index in [0.29, 0.717) is 6.61 Å². The Labute approximate surface area is 111 Å². The van der Waals surface area contributed by atoms with Crippen LogP contribution in [0.4, 0.5) is 0 Å². The molecule has 17 heavy (non-hydrogen) atoms. The third-order valence-electron chi connectivity index (χ3n) is 2.49. The minimum absolute atomic E-state index is 0.251. The van der Waals surface area contributed by atoms with Crippen LogP contribution in [0.1, 0.15) is 18.4 Å². The molecule has 1 rings (SSSR count). The Bertz CT molecular complexity index is 331. The van der Waals surface area contributed by atoms with Crippen LogP contribution in [0.2, 0.25) is 0 Å². The van der Waals surface area contributed by atoms with Gasteiger partial charge in [-0.1, -0.05) is 22.0 Å². The van der Waals surface area contributed by atoms with Gasteiger partial charge in [-0.15, -0.1) is 0 Å². The number of nitrogens with one attached hydrogen (secondary N) is 1. The van der Waals surface area contributed by atoms with Gasteiger partial charge in [0.15, 0.2) is 0 Å². The highest BCUT2D eigenvalue weighted by atomic mass is 79.9. The highest BCUT2D eigenvalue weighted by molar-refractivity contribution is 9.10. The van der Waals surface area contributed by atoms with Crippen molar-refractivity contribution in [1.29, 1.82) is 0 Å². The second-order valence-electron chi connectivity index (χ2n) is 3.89. The van der Waals surface area contributed by atoms with Crippen molar-refractivity contribution in [2.24, 2.45) is 0 Å². The number of rotatable bonds is 8. The average Bonchev–Trinajstić information content (AvgIpc) is 2.33. The lowest BCUT2D eigenvalue weighted by Gasteiger charge is -2.10. The maximum Gasteiger partial charge on any atom is 0.123 e. The van der Waals surface area contributed by atoms with E-state index in [-0.39, 0.29) is 6.61 Å². The topological polar surface area (TPSA) is 41.5 Å². The van der Waals surface area contributed by atoms with E-state index in [1.807, 2.05) is 25.1 Å². The summed E-state index contributed by atoms with van der Waals surface area (Å²) in [6.45, 7) is 4.79. The molecule has 0 radical (unpaired) electrons. The molecule has 0 saturated carbocycles. The summed E-state index contributed by atoms with van der Waals surface area (Å²) in [5, 5.41) is 11.9. The van der Waals surface area contributed by atoms with Crippen LogP contribution in [0.5, 0.6) is 5.75 Å². The molecule has 1 aromatic carbocycles. The number of aliphatic hydroxyl groups is 1. The zero-order chi connectivity index (χ0) is 12.5. The summed E-state index contributed by atoms with van der Waals surface area (Å²) in [6, 6.07) is 5.98. The summed E-state index contributed by atoms with van der Waals surface area (Å²) in [5.74, 6) is 0.940. The van der Waals surface area contributed by atoms with E-state index in [1.54, 1.807) is 0 Å². The van der Waals surface area contributed by atoms with E-state index in [2.05, 4.69) is 21.2 Å². The maximum absolute atomic E-state index is 8.61. The van der Waals surface area contributed by atoms with E-state index in [0.717, 1.165) is 41.7 Å². The molecule has 2 N–H and O–H groups in total. The van der Waals surface area contributed by atoms with Crippen molar-refractivity contribution in [3.63, 3.8) is 0 Å². The lowest BCUT2D eigenvalue weighted by molar-refractivity contribution is 0.282. The molecule has 0 bridgehead atoms. The normalized spacial score (nSPS) is 10.5. The Kier molecular flexibility index (Phi) is 7.24. The summed E-state index contributed by atoms with van der Waals surface area (Å²) >= 11 is 3.48. The predicted octanol–water partition coefficient (Wildman–Crippen LogP) is 2.50. The first-order chi connectivity index (χ1) is 8.25. The highest BCUT2D eigenvalue weighted by Gasteiger charge is 2.01.